The van der Waals surface area contributed by atoms with Gasteiger partial charge in [0.15, 0.2) is 0 Å². The Hall–Kier alpha value is -1.44. The summed E-state index contributed by atoms with van der Waals surface area (Å²) in [6.07, 6.45) is 1.02. The van der Waals surface area contributed by atoms with Crippen LogP contribution in [0.5, 0.6) is 0 Å². The quantitative estimate of drug-likeness (QED) is 0.762. The van der Waals surface area contributed by atoms with Crippen LogP contribution in [0.2, 0.25) is 0 Å². The van der Waals surface area contributed by atoms with Crippen LogP contribution in [-0.4, -0.2) is 6.54 Å². The van der Waals surface area contributed by atoms with Gasteiger partial charge in [0.2, 0.25) is 0 Å². The van der Waals surface area contributed by atoms with Gasteiger partial charge in [-0.15, -0.1) is 0 Å². The van der Waals surface area contributed by atoms with Gasteiger partial charge in [-0.1, -0.05) is 19.6 Å². The van der Waals surface area contributed by atoms with Crippen LogP contribution in [0, 0.1) is 13.8 Å². The van der Waals surface area contributed by atoms with E-state index in [1.54, 1.807) is 0 Å². The van der Waals surface area contributed by atoms with Crippen molar-refractivity contribution < 1.29 is 0 Å². The zero-order valence-corrected chi connectivity index (χ0v) is 10.8. The van der Waals surface area contributed by atoms with E-state index in [9.17, 15) is 0 Å². The molecule has 0 fully saturated rings. The van der Waals surface area contributed by atoms with Gasteiger partial charge in [0.25, 0.3) is 0 Å². The van der Waals surface area contributed by atoms with E-state index in [2.05, 4.69) is 45.7 Å². The molecular weight excluding hydrogens is 196 g/mol. The van der Waals surface area contributed by atoms with Crippen molar-refractivity contribution in [1.29, 1.82) is 0 Å². The van der Waals surface area contributed by atoms with Gasteiger partial charge in [-0.25, -0.2) is 0 Å². The third-order valence-corrected chi connectivity index (χ3v) is 3.01. The number of benzene rings is 1. The molecule has 16 heavy (non-hydrogen) atoms. The molecule has 88 valence electrons. The summed E-state index contributed by atoms with van der Waals surface area (Å²) in [5, 5.41) is 3.23. The number of nitrogens with two attached hydrogens (primary N) is 1. The normalized spacial score (nSPS) is 10.2. The molecule has 0 aromatic heterocycles. The molecule has 1 rings (SSSR count). The summed E-state index contributed by atoms with van der Waals surface area (Å²) in [6.45, 7) is 13.3. The summed E-state index contributed by atoms with van der Waals surface area (Å²) in [5.74, 6) is 0. The second-order valence-corrected chi connectivity index (χ2v) is 4.13. The van der Waals surface area contributed by atoms with Crippen LogP contribution in [0.1, 0.15) is 36.1 Å². The summed E-state index contributed by atoms with van der Waals surface area (Å²) < 4.78 is 0. The number of nitrogens with one attached hydrogen (secondary N) is 1. The maximum Gasteiger partial charge on any atom is 0.0443 e. The van der Waals surface area contributed by atoms with E-state index in [1.807, 2.05) is 0 Å². The number of hydrogen-bond donors (Lipinski definition) is 2. The third-order valence-electron chi connectivity index (χ3n) is 3.01. The van der Waals surface area contributed by atoms with Crippen molar-refractivity contribution in [3.05, 3.63) is 34.9 Å². The molecule has 2 heteroatoms. The molecule has 1 aromatic rings. The smallest absolute Gasteiger partial charge is 0.0443 e. The molecular formula is C14H22N2. The first-order valence-electron chi connectivity index (χ1n) is 5.84. The predicted molar refractivity (Wildman–Crippen MR) is 72.4 cm³/mol. The Morgan fingerprint density at radius 2 is 2.00 bits per heavy atom. The van der Waals surface area contributed by atoms with Gasteiger partial charge >= 0.3 is 0 Å². The van der Waals surface area contributed by atoms with E-state index < -0.39 is 0 Å². The monoisotopic (exact) mass is 218 g/mol. The molecule has 0 heterocycles. The molecule has 0 unspecified atom stereocenters. The first-order chi connectivity index (χ1) is 7.52. The fourth-order valence-electron chi connectivity index (χ4n) is 2.08. The van der Waals surface area contributed by atoms with Crippen LogP contribution in [-0.2, 0) is 6.42 Å². The first kappa shape index (κ1) is 12.6. The molecule has 3 N–H and O–H groups in total. The van der Waals surface area contributed by atoms with Crippen molar-refractivity contribution in [2.24, 2.45) is 0 Å². The molecule has 0 spiro atoms. The van der Waals surface area contributed by atoms with Gasteiger partial charge in [-0.2, -0.15) is 0 Å². The molecule has 2 nitrogen and oxygen atoms in total. The summed E-state index contributed by atoms with van der Waals surface area (Å²) in [4.78, 5) is 0. The fourth-order valence-corrected chi connectivity index (χ4v) is 2.08. The average Bonchev–Trinajstić information content (AvgIpc) is 2.24. The van der Waals surface area contributed by atoms with Gasteiger partial charge in [0.1, 0.15) is 0 Å². The van der Waals surface area contributed by atoms with Gasteiger partial charge in [-0.05, 0) is 43.9 Å². The van der Waals surface area contributed by atoms with Gasteiger partial charge in [0.05, 0.1) is 0 Å². The number of nitrogen functional groups attached to an aromatic ring is 1. The highest BCUT2D eigenvalue weighted by Gasteiger charge is 2.12. The summed E-state index contributed by atoms with van der Waals surface area (Å²) in [6, 6.07) is 2.21. The van der Waals surface area contributed by atoms with Crippen molar-refractivity contribution >= 4 is 11.4 Å². The molecule has 0 aliphatic carbocycles. The van der Waals surface area contributed by atoms with E-state index in [1.165, 1.54) is 16.7 Å². The van der Waals surface area contributed by atoms with Crippen molar-refractivity contribution in [2.75, 3.05) is 12.3 Å². The molecule has 1 aromatic carbocycles. The Morgan fingerprint density at radius 3 is 2.50 bits per heavy atom. The standard InChI is InChI=1S/C14H22N2/c1-6-12-8-9(3)13(11(5)16-7-2)14(15)10(12)4/h8,16H,5-7,15H2,1-4H3. The van der Waals surface area contributed by atoms with Gasteiger partial charge in [-0.3, -0.25) is 0 Å². The van der Waals surface area contributed by atoms with E-state index in [0.29, 0.717) is 0 Å². The topological polar surface area (TPSA) is 38.0 Å². The third kappa shape index (κ3) is 2.21. The Morgan fingerprint density at radius 1 is 1.38 bits per heavy atom. The lowest BCUT2D eigenvalue weighted by Gasteiger charge is -2.18. The van der Waals surface area contributed by atoms with Crippen LogP contribution >= 0.6 is 0 Å². The predicted octanol–water partition coefficient (Wildman–Crippen LogP) is 3.03. The SMILES string of the molecule is C=C(NCC)c1c(C)cc(CC)c(C)c1N. The Kier molecular flexibility index (Phi) is 3.99. The van der Waals surface area contributed by atoms with E-state index >= 15 is 0 Å². The van der Waals surface area contributed by atoms with Crippen LogP contribution in [0.3, 0.4) is 0 Å². The molecule has 0 atom stereocenters. The van der Waals surface area contributed by atoms with Crippen LogP contribution < -0.4 is 11.1 Å². The number of hydrogen-bond acceptors (Lipinski definition) is 2. The Balaban J connectivity index is 3.30. The summed E-state index contributed by atoms with van der Waals surface area (Å²) in [7, 11) is 0. The molecule has 0 saturated heterocycles. The van der Waals surface area contributed by atoms with Crippen LogP contribution in [0.25, 0.3) is 5.70 Å². The second kappa shape index (κ2) is 5.06. The lowest BCUT2D eigenvalue weighted by molar-refractivity contribution is 0.939. The average molecular weight is 218 g/mol. The van der Waals surface area contributed by atoms with E-state index in [0.717, 1.165) is 29.9 Å². The maximum atomic E-state index is 6.19. The summed E-state index contributed by atoms with van der Waals surface area (Å²) in [5.41, 5.74) is 12.7. The Labute approximate surface area is 98.6 Å². The van der Waals surface area contributed by atoms with Gasteiger partial charge < -0.3 is 11.1 Å². The first-order valence-corrected chi connectivity index (χ1v) is 5.84. The van der Waals surface area contributed by atoms with Crippen molar-refractivity contribution in [3.63, 3.8) is 0 Å². The lowest BCUT2D eigenvalue weighted by atomic mass is 9.94. The zero-order chi connectivity index (χ0) is 12.3. The minimum absolute atomic E-state index is 0.864. The maximum absolute atomic E-state index is 6.19. The number of anilines is 1. The van der Waals surface area contributed by atoms with Crippen LogP contribution in [0.4, 0.5) is 5.69 Å². The van der Waals surface area contributed by atoms with Crippen molar-refractivity contribution in [1.82, 2.24) is 5.32 Å². The molecule has 0 radical (unpaired) electrons. The van der Waals surface area contributed by atoms with Gasteiger partial charge in [0, 0.05) is 23.5 Å². The lowest BCUT2D eigenvalue weighted by Crippen LogP contribution is -2.13. The highest BCUT2D eigenvalue weighted by Crippen LogP contribution is 2.29. The summed E-state index contributed by atoms with van der Waals surface area (Å²) >= 11 is 0. The molecule has 0 amide bonds. The number of rotatable bonds is 4. The highest BCUT2D eigenvalue weighted by atomic mass is 14.9. The van der Waals surface area contributed by atoms with Crippen molar-refractivity contribution in [3.8, 4) is 0 Å². The molecule has 0 bridgehead atoms. The minimum Gasteiger partial charge on any atom is -0.398 e. The van der Waals surface area contributed by atoms with E-state index in [4.69, 9.17) is 5.73 Å². The highest BCUT2D eigenvalue weighted by molar-refractivity contribution is 5.78. The van der Waals surface area contributed by atoms with Crippen LogP contribution in [0.15, 0.2) is 12.6 Å². The zero-order valence-electron chi connectivity index (χ0n) is 10.8. The number of aryl methyl sites for hydroxylation is 2. The van der Waals surface area contributed by atoms with E-state index in [-0.39, 0.29) is 0 Å². The largest absolute Gasteiger partial charge is 0.398 e. The molecule has 0 aliphatic heterocycles. The molecule has 0 saturated carbocycles. The molecule has 0 aliphatic rings. The fraction of sp³-hybridized carbons (Fsp3) is 0.429. The second-order valence-electron chi connectivity index (χ2n) is 4.13. The minimum atomic E-state index is 0.864. The Bertz CT molecular complexity index is 406. The van der Waals surface area contributed by atoms with Crippen molar-refractivity contribution in [2.45, 2.75) is 34.1 Å².